The number of hydrogen-bond acceptors (Lipinski definition) is 0. The maximum atomic E-state index is 2.36. The van der Waals surface area contributed by atoms with Crippen LogP contribution >= 0.6 is 0 Å². The lowest BCUT2D eigenvalue weighted by molar-refractivity contribution is 0.385. The molecule has 0 amide bonds. The van der Waals surface area contributed by atoms with Crippen LogP contribution in [0.25, 0.3) is 0 Å². The topological polar surface area (TPSA) is 0 Å². The van der Waals surface area contributed by atoms with Crippen LogP contribution in [0.2, 0.25) is 0 Å². The van der Waals surface area contributed by atoms with Crippen molar-refractivity contribution in [3.05, 3.63) is 0 Å². The first-order valence-electron chi connectivity index (χ1n) is 7.70. The minimum atomic E-state index is 0.968. The molecule has 0 saturated heterocycles. The molecule has 0 bridgehead atoms. The van der Waals surface area contributed by atoms with Crippen molar-refractivity contribution in [1.29, 1.82) is 0 Å². The van der Waals surface area contributed by atoms with Crippen LogP contribution in [0.3, 0.4) is 0 Å². The fraction of sp³-hybridized carbons (Fsp3) is 1.00. The normalized spacial score (nSPS) is 18.8. The Morgan fingerprint density at radius 2 is 1.56 bits per heavy atom. The Kier molecular flexibility index (Phi) is 11.5. The van der Waals surface area contributed by atoms with E-state index in [1.165, 1.54) is 64.2 Å². The van der Waals surface area contributed by atoms with Crippen molar-refractivity contribution in [2.45, 2.75) is 91.9 Å². The fourth-order valence-electron chi connectivity index (χ4n) is 2.50. The van der Waals surface area contributed by atoms with Crippen LogP contribution in [0.5, 0.6) is 0 Å². The van der Waals surface area contributed by atoms with E-state index in [9.17, 15) is 0 Å². The third-order valence-electron chi connectivity index (χ3n) is 3.73. The zero-order chi connectivity index (χ0) is 12.2. The van der Waals surface area contributed by atoms with Crippen molar-refractivity contribution in [3.63, 3.8) is 0 Å². The first-order chi connectivity index (χ1) is 7.70. The fourth-order valence-corrected chi connectivity index (χ4v) is 2.50. The summed E-state index contributed by atoms with van der Waals surface area (Å²) in [4.78, 5) is 0. The van der Waals surface area contributed by atoms with Crippen LogP contribution in [0, 0.1) is 11.8 Å². The molecule has 1 rings (SSSR count). The van der Waals surface area contributed by atoms with Crippen molar-refractivity contribution >= 4 is 0 Å². The van der Waals surface area contributed by atoms with Crippen molar-refractivity contribution in [1.82, 2.24) is 0 Å². The van der Waals surface area contributed by atoms with Crippen LogP contribution in [-0.2, 0) is 0 Å². The van der Waals surface area contributed by atoms with Gasteiger partial charge in [-0.25, -0.2) is 0 Å². The third-order valence-corrected chi connectivity index (χ3v) is 3.73. The van der Waals surface area contributed by atoms with E-state index >= 15 is 0 Å². The van der Waals surface area contributed by atoms with E-state index in [4.69, 9.17) is 0 Å². The largest absolute Gasteiger partial charge is 0.0654 e. The predicted molar refractivity (Wildman–Crippen MR) is 75.8 cm³/mol. The highest BCUT2D eigenvalue weighted by Crippen LogP contribution is 2.22. The summed E-state index contributed by atoms with van der Waals surface area (Å²) in [5.74, 6) is 2.00. The van der Waals surface area contributed by atoms with Gasteiger partial charge in [0, 0.05) is 0 Å². The smallest absolute Gasteiger partial charge is 0.0443 e. The third kappa shape index (κ3) is 10.5. The molecule has 1 saturated carbocycles. The lowest BCUT2D eigenvalue weighted by Gasteiger charge is -2.15. The van der Waals surface area contributed by atoms with Gasteiger partial charge in [-0.05, 0) is 11.8 Å². The molecule has 16 heavy (non-hydrogen) atoms. The molecule has 0 heterocycles. The molecule has 0 radical (unpaired) electrons. The summed E-state index contributed by atoms with van der Waals surface area (Å²) in [6.07, 6.45) is 14.4. The van der Waals surface area contributed by atoms with Crippen molar-refractivity contribution in [3.8, 4) is 0 Å². The molecule has 0 nitrogen and oxygen atoms in total. The summed E-state index contributed by atoms with van der Waals surface area (Å²) >= 11 is 0. The van der Waals surface area contributed by atoms with Gasteiger partial charge < -0.3 is 0 Å². The average Bonchev–Trinajstić information content (AvgIpc) is 2.29. The summed E-state index contributed by atoms with van der Waals surface area (Å²) in [6.45, 7) is 9.25. The van der Waals surface area contributed by atoms with Crippen molar-refractivity contribution in [2.24, 2.45) is 11.8 Å². The predicted octanol–water partition coefficient (Wildman–Crippen LogP) is 6.20. The highest BCUT2D eigenvalue weighted by Gasteiger charge is 2.05. The van der Waals surface area contributed by atoms with E-state index in [2.05, 4.69) is 27.7 Å². The molecule has 1 aliphatic carbocycles. The van der Waals surface area contributed by atoms with E-state index in [1.807, 2.05) is 0 Å². The molecule has 1 atom stereocenters. The van der Waals surface area contributed by atoms with E-state index in [1.54, 1.807) is 0 Å². The van der Waals surface area contributed by atoms with E-state index < -0.39 is 0 Å². The number of rotatable bonds is 5. The second-order valence-electron chi connectivity index (χ2n) is 5.78. The molecule has 98 valence electrons. The second kappa shape index (κ2) is 11.5. The quantitative estimate of drug-likeness (QED) is 0.523. The highest BCUT2D eigenvalue weighted by atomic mass is 14.1. The monoisotopic (exact) mass is 226 g/mol. The Bertz CT molecular complexity index is 122. The van der Waals surface area contributed by atoms with Gasteiger partial charge in [-0.3, -0.25) is 0 Å². The minimum Gasteiger partial charge on any atom is -0.0654 e. The second-order valence-corrected chi connectivity index (χ2v) is 5.78. The molecule has 0 spiro atoms. The molecule has 1 aliphatic rings. The zero-order valence-electron chi connectivity index (χ0n) is 12.2. The molecular weight excluding hydrogens is 192 g/mol. The van der Waals surface area contributed by atoms with Crippen molar-refractivity contribution in [2.75, 3.05) is 0 Å². The number of hydrogen-bond donors (Lipinski definition) is 0. The Morgan fingerprint density at radius 1 is 0.938 bits per heavy atom. The van der Waals surface area contributed by atoms with Gasteiger partial charge in [0.05, 0.1) is 0 Å². The van der Waals surface area contributed by atoms with Gasteiger partial charge in [0.1, 0.15) is 0 Å². The summed E-state index contributed by atoms with van der Waals surface area (Å²) in [6, 6.07) is 0. The Hall–Kier alpha value is 0. The lowest BCUT2D eigenvalue weighted by atomic mass is 9.91. The maximum Gasteiger partial charge on any atom is -0.0443 e. The Morgan fingerprint density at radius 3 is 1.94 bits per heavy atom. The van der Waals surface area contributed by atoms with E-state index in [0.29, 0.717) is 0 Å². The molecule has 0 aliphatic heterocycles. The van der Waals surface area contributed by atoms with Crippen molar-refractivity contribution < 1.29 is 0 Å². The molecule has 1 fully saturated rings. The SMILES string of the molecule is CC1CCCCC1.CCCCC(C)CCC. The average molecular weight is 226 g/mol. The molecule has 0 heteroatoms. The van der Waals surface area contributed by atoms with Gasteiger partial charge in [-0.15, -0.1) is 0 Å². The van der Waals surface area contributed by atoms with Crippen LogP contribution in [0.4, 0.5) is 0 Å². The van der Waals surface area contributed by atoms with Gasteiger partial charge in [0.25, 0.3) is 0 Å². The first kappa shape index (κ1) is 16.0. The van der Waals surface area contributed by atoms with E-state index in [0.717, 1.165) is 11.8 Å². The van der Waals surface area contributed by atoms with Gasteiger partial charge in [0.2, 0.25) is 0 Å². The van der Waals surface area contributed by atoms with Crippen LogP contribution in [-0.4, -0.2) is 0 Å². The highest BCUT2D eigenvalue weighted by molar-refractivity contribution is 4.59. The lowest BCUT2D eigenvalue weighted by Crippen LogP contribution is -1.99. The summed E-state index contributed by atoms with van der Waals surface area (Å²) in [5, 5.41) is 0. The molecule has 0 aromatic heterocycles. The van der Waals surface area contributed by atoms with Gasteiger partial charge >= 0.3 is 0 Å². The van der Waals surface area contributed by atoms with Gasteiger partial charge in [-0.1, -0.05) is 91.9 Å². The Balaban J connectivity index is 0.000000288. The van der Waals surface area contributed by atoms with Gasteiger partial charge in [-0.2, -0.15) is 0 Å². The molecule has 0 aromatic carbocycles. The first-order valence-corrected chi connectivity index (χ1v) is 7.70. The van der Waals surface area contributed by atoms with Crippen LogP contribution < -0.4 is 0 Å². The molecule has 0 N–H and O–H groups in total. The zero-order valence-corrected chi connectivity index (χ0v) is 12.2. The molecule has 1 unspecified atom stereocenters. The van der Waals surface area contributed by atoms with Gasteiger partial charge in [0.15, 0.2) is 0 Å². The number of unbranched alkanes of at least 4 members (excludes halogenated alkanes) is 1. The van der Waals surface area contributed by atoms with Crippen LogP contribution in [0.1, 0.15) is 91.9 Å². The minimum absolute atomic E-state index is 0.968. The summed E-state index contributed by atoms with van der Waals surface area (Å²) in [7, 11) is 0. The molecular formula is C16H34. The summed E-state index contributed by atoms with van der Waals surface area (Å²) < 4.78 is 0. The standard InChI is InChI=1S/C9H20.C7H14/c1-4-6-8-9(3)7-5-2;1-7-5-3-2-4-6-7/h9H,4-8H2,1-3H3;7H,2-6H2,1H3. The Labute approximate surface area is 104 Å². The molecule has 0 aromatic rings. The van der Waals surface area contributed by atoms with E-state index in [-0.39, 0.29) is 0 Å². The summed E-state index contributed by atoms with van der Waals surface area (Å²) in [5.41, 5.74) is 0. The maximum absolute atomic E-state index is 2.36. The van der Waals surface area contributed by atoms with Crippen LogP contribution in [0.15, 0.2) is 0 Å².